The molecule has 2 aliphatic heterocycles. The average Bonchev–Trinajstić information content (AvgIpc) is 3.47. The maximum absolute atomic E-state index is 12.8. The second kappa shape index (κ2) is 16.4. The van der Waals surface area contributed by atoms with Gasteiger partial charge in [0.2, 0.25) is 11.8 Å². The number of hydrogen-bond donors (Lipinski definition) is 5. The van der Waals surface area contributed by atoms with Crippen molar-refractivity contribution in [2.24, 2.45) is 0 Å². The van der Waals surface area contributed by atoms with E-state index >= 15 is 0 Å². The Balaban J connectivity index is 1.10. The molecule has 0 saturated carbocycles. The number of aliphatic hydroxyl groups excluding tert-OH is 1. The van der Waals surface area contributed by atoms with E-state index in [2.05, 4.69) is 15.2 Å². The number of carbonyl (C=O) groups excluding carboxylic acids is 2. The van der Waals surface area contributed by atoms with Crippen molar-refractivity contribution in [3.05, 3.63) is 100.0 Å². The number of likely N-dealkylation sites (tertiary alicyclic amines) is 1. The zero-order valence-electron chi connectivity index (χ0n) is 27.6. The fourth-order valence-electron chi connectivity index (χ4n) is 6.91. The Morgan fingerprint density at radius 3 is 2.39 bits per heavy atom. The van der Waals surface area contributed by atoms with Gasteiger partial charge in [-0.3, -0.25) is 19.4 Å². The van der Waals surface area contributed by atoms with Gasteiger partial charge in [0, 0.05) is 56.2 Å². The van der Waals surface area contributed by atoms with Crippen LogP contribution in [0.1, 0.15) is 86.5 Å². The highest BCUT2D eigenvalue weighted by Gasteiger charge is 2.34. The third kappa shape index (κ3) is 8.83. The van der Waals surface area contributed by atoms with Gasteiger partial charge in [0.15, 0.2) is 6.29 Å². The number of ether oxygens (including phenoxy) is 2. The van der Waals surface area contributed by atoms with Gasteiger partial charge in [-0.25, -0.2) is 10.3 Å². The van der Waals surface area contributed by atoms with E-state index < -0.39 is 12.2 Å². The number of aromatic nitrogens is 2. The predicted molar refractivity (Wildman–Crippen MR) is 184 cm³/mol. The third-order valence-electron chi connectivity index (χ3n) is 9.50. The lowest BCUT2D eigenvalue weighted by molar-refractivity contribution is -0.253. The van der Waals surface area contributed by atoms with E-state index in [1.165, 1.54) is 0 Å². The number of benzene rings is 3. The van der Waals surface area contributed by atoms with Crippen LogP contribution in [0.25, 0.3) is 11.0 Å². The molecule has 12 nitrogen and oxygen atoms in total. The lowest BCUT2D eigenvalue weighted by Gasteiger charge is -2.40. The number of carbonyl (C=O) groups is 2. The molecule has 2 amide bonds. The van der Waals surface area contributed by atoms with Gasteiger partial charge >= 0.3 is 5.69 Å². The number of hydroxylamine groups is 1. The number of nitrogens with one attached hydrogen (secondary N) is 3. The monoisotopic (exact) mass is 671 g/mol. The summed E-state index contributed by atoms with van der Waals surface area (Å²) in [6.07, 6.45) is 3.84. The Bertz CT molecular complexity index is 1760. The fourth-order valence-corrected chi connectivity index (χ4v) is 6.91. The largest absolute Gasteiger partial charge is 0.392 e. The van der Waals surface area contributed by atoms with Crippen LogP contribution >= 0.6 is 0 Å². The zero-order valence-corrected chi connectivity index (χ0v) is 27.6. The normalized spacial score (nSPS) is 20.3. The Labute approximate surface area is 285 Å². The van der Waals surface area contributed by atoms with Crippen LogP contribution in [0.3, 0.4) is 0 Å². The highest BCUT2D eigenvalue weighted by atomic mass is 16.7. The molecular formula is C37H45N5O7. The van der Waals surface area contributed by atoms with Gasteiger partial charge in [-0.05, 0) is 61.1 Å². The number of rotatable bonds is 13. The minimum absolute atomic E-state index is 0.0276. The van der Waals surface area contributed by atoms with Crippen LogP contribution in [0.4, 0.5) is 5.69 Å². The van der Waals surface area contributed by atoms with Gasteiger partial charge in [0.1, 0.15) is 0 Å². The van der Waals surface area contributed by atoms with Crippen LogP contribution in [0.2, 0.25) is 0 Å². The van der Waals surface area contributed by atoms with Gasteiger partial charge in [-0.2, -0.15) is 0 Å². The Morgan fingerprint density at radius 2 is 1.63 bits per heavy atom. The first-order chi connectivity index (χ1) is 23.9. The summed E-state index contributed by atoms with van der Waals surface area (Å²) >= 11 is 0. The maximum Gasteiger partial charge on any atom is 0.326 e. The molecule has 0 bridgehead atoms. The van der Waals surface area contributed by atoms with Crippen molar-refractivity contribution in [3.63, 3.8) is 0 Å². The number of nitrogens with zero attached hydrogens (tertiary/aromatic N) is 2. The average molecular weight is 672 g/mol. The van der Waals surface area contributed by atoms with Crippen LogP contribution < -0.4 is 16.5 Å². The van der Waals surface area contributed by atoms with Gasteiger partial charge in [0.25, 0.3) is 0 Å². The van der Waals surface area contributed by atoms with E-state index in [9.17, 15) is 19.5 Å². The highest BCUT2D eigenvalue weighted by molar-refractivity contribution is 5.90. The van der Waals surface area contributed by atoms with E-state index in [1.54, 1.807) is 5.48 Å². The molecule has 49 heavy (non-hydrogen) atoms. The molecule has 2 aliphatic rings. The molecule has 2 saturated heterocycles. The molecule has 260 valence electrons. The van der Waals surface area contributed by atoms with Crippen LogP contribution in [0, 0.1) is 0 Å². The molecule has 12 heteroatoms. The summed E-state index contributed by atoms with van der Waals surface area (Å²) in [5.41, 5.74) is 6.65. The molecule has 4 aromatic rings. The van der Waals surface area contributed by atoms with E-state index in [1.807, 2.05) is 77.4 Å². The number of H-pyrrole nitrogens is 1. The minimum Gasteiger partial charge on any atom is -0.392 e. The molecule has 0 aliphatic carbocycles. The summed E-state index contributed by atoms with van der Waals surface area (Å²) in [6, 6.07) is 23.3. The number of aliphatic hydroxyl groups is 1. The number of piperidine rings is 1. The van der Waals surface area contributed by atoms with Crippen molar-refractivity contribution in [1.29, 1.82) is 0 Å². The van der Waals surface area contributed by atoms with Crippen LogP contribution in [0.15, 0.2) is 77.6 Å². The maximum atomic E-state index is 12.8. The molecule has 0 unspecified atom stereocenters. The standard InChI is InChI=1S/C37H45N5O7/c43-24-25-13-15-26(16-14-25)33-22-30(23-41-19-17-29(18-20-41)42-32-10-5-4-9-31(32)39-37(42)46)48-36(49-33)27-7-6-8-28(21-27)38-34(44)11-2-1-3-12-35(45)40-47/h4-10,13-16,21,29-30,33,36,43,47H,1-3,11-12,17-20,22-24H2,(H,38,44)(H,39,46)(H,40,45)/t30-,33+,36+/m0/s1. The summed E-state index contributed by atoms with van der Waals surface area (Å²) in [6.45, 7) is 2.37. The fraction of sp³-hybridized carbons (Fsp3) is 0.432. The Hall–Kier alpha value is -4.33. The number of amides is 2. The lowest BCUT2D eigenvalue weighted by Crippen LogP contribution is -2.43. The highest BCUT2D eigenvalue weighted by Crippen LogP contribution is 2.39. The summed E-state index contributed by atoms with van der Waals surface area (Å²) in [4.78, 5) is 42.0. The topological polar surface area (TPSA) is 158 Å². The minimum atomic E-state index is -0.655. The number of imidazole rings is 1. The number of unbranched alkanes of at least 4 members (excludes halogenated alkanes) is 2. The van der Waals surface area contributed by atoms with Crippen molar-refractivity contribution < 1.29 is 29.4 Å². The lowest BCUT2D eigenvalue weighted by atomic mass is 9.98. The molecule has 5 N–H and O–H groups in total. The summed E-state index contributed by atoms with van der Waals surface area (Å²) in [7, 11) is 0. The Morgan fingerprint density at radius 1 is 0.878 bits per heavy atom. The molecule has 0 radical (unpaired) electrons. The molecule has 3 atom stereocenters. The number of anilines is 1. The van der Waals surface area contributed by atoms with E-state index in [-0.39, 0.29) is 42.9 Å². The van der Waals surface area contributed by atoms with Gasteiger partial charge in [-0.1, -0.05) is 55.0 Å². The molecule has 0 spiro atoms. The molecule has 2 fully saturated rings. The van der Waals surface area contributed by atoms with Crippen molar-refractivity contribution in [1.82, 2.24) is 19.9 Å². The SMILES string of the molecule is O=C(CCCCCC(=O)Nc1cccc([C@@H]2O[C@H](CN3CCC(n4c(=O)[nH]c5ccccc54)CC3)C[C@H](c3ccc(CO)cc3)O2)c1)NO. The van der Waals surface area contributed by atoms with Crippen molar-refractivity contribution in [2.45, 2.75) is 82.5 Å². The molecular weight excluding hydrogens is 626 g/mol. The Kier molecular flexibility index (Phi) is 11.5. The molecule has 3 aromatic carbocycles. The summed E-state index contributed by atoms with van der Waals surface area (Å²) < 4.78 is 15.1. The summed E-state index contributed by atoms with van der Waals surface area (Å²) in [5, 5.41) is 21.1. The number of fused-ring (bicyclic) bond motifs is 1. The van der Waals surface area contributed by atoms with Crippen LogP contribution in [-0.4, -0.2) is 62.3 Å². The third-order valence-corrected chi connectivity index (χ3v) is 9.50. The molecule has 6 rings (SSSR count). The second-order valence-corrected chi connectivity index (χ2v) is 13.0. The first-order valence-corrected chi connectivity index (χ1v) is 17.1. The van der Waals surface area contributed by atoms with E-state index in [4.69, 9.17) is 14.7 Å². The van der Waals surface area contributed by atoms with Crippen LogP contribution in [-0.2, 0) is 25.7 Å². The first-order valence-electron chi connectivity index (χ1n) is 17.1. The zero-order chi connectivity index (χ0) is 34.2. The second-order valence-electron chi connectivity index (χ2n) is 13.0. The quantitative estimate of drug-likeness (QED) is 0.0747. The van der Waals surface area contributed by atoms with Gasteiger partial charge in [0.05, 0.1) is 29.8 Å². The van der Waals surface area contributed by atoms with Crippen molar-refractivity contribution >= 4 is 28.5 Å². The van der Waals surface area contributed by atoms with E-state index in [0.717, 1.165) is 60.2 Å². The number of hydrogen-bond acceptors (Lipinski definition) is 8. The van der Waals surface area contributed by atoms with Crippen molar-refractivity contribution in [2.75, 3.05) is 25.0 Å². The molecule has 3 heterocycles. The van der Waals surface area contributed by atoms with Crippen LogP contribution in [0.5, 0.6) is 0 Å². The number of aromatic amines is 1. The first kappa shape index (κ1) is 34.5. The van der Waals surface area contributed by atoms with E-state index in [0.29, 0.717) is 37.8 Å². The van der Waals surface area contributed by atoms with Gasteiger partial charge in [-0.15, -0.1) is 0 Å². The van der Waals surface area contributed by atoms with Gasteiger partial charge < -0.3 is 29.8 Å². The van der Waals surface area contributed by atoms with Crippen molar-refractivity contribution in [3.8, 4) is 0 Å². The predicted octanol–water partition coefficient (Wildman–Crippen LogP) is 5.10. The number of para-hydroxylation sites is 2. The molecule has 1 aromatic heterocycles. The summed E-state index contributed by atoms with van der Waals surface area (Å²) in [5.74, 6) is -0.545. The smallest absolute Gasteiger partial charge is 0.326 e.